The lowest BCUT2D eigenvalue weighted by atomic mass is 10.2. The molecule has 2 heteroatoms. The lowest BCUT2D eigenvalue weighted by Crippen LogP contribution is -2.01. The number of anilines is 1. The maximum Gasteiger partial charge on any atom is 0.146 e. The number of halogens is 1. The van der Waals surface area contributed by atoms with Crippen LogP contribution in [0.4, 0.5) is 10.1 Å². The Labute approximate surface area is 94.9 Å². The first-order valence-electron chi connectivity index (χ1n) is 5.29. The molecule has 0 spiro atoms. The van der Waals surface area contributed by atoms with Crippen molar-refractivity contribution < 1.29 is 4.39 Å². The molecule has 1 nitrogen and oxygen atoms in total. The molecule has 0 unspecified atom stereocenters. The van der Waals surface area contributed by atoms with Crippen LogP contribution in [0.15, 0.2) is 48.5 Å². The fourth-order valence-corrected chi connectivity index (χ4v) is 1.56. The SMILES string of the molecule is Cc1ccc(NCc2ccccc2)c(F)c1. The predicted molar refractivity (Wildman–Crippen MR) is 64.9 cm³/mol. The molecular weight excluding hydrogens is 201 g/mol. The molecule has 0 bridgehead atoms. The average molecular weight is 215 g/mol. The van der Waals surface area contributed by atoms with Crippen LogP contribution in [0, 0.1) is 12.7 Å². The van der Waals surface area contributed by atoms with Crippen LogP contribution in [0.1, 0.15) is 11.1 Å². The van der Waals surface area contributed by atoms with Gasteiger partial charge in [0.25, 0.3) is 0 Å². The molecule has 0 saturated carbocycles. The second-order valence-corrected chi connectivity index (χ2v) is 3.82. The predicted octanol–water partition coefficient (Wildman–Crippen LogP) is 3.75. The molecule has 0 saturated heterocycles. The van der Waals surface area contributed by atoms with Gasteiger partial charge in [-0.25, -0.2) is 4.39 Å². The fourth-order valence-electron chi connectivity index (χ4n) is 1.56. The summed E-state index contributed by atoms with van der Waals surface area (Å²) in [5, 5.41) is 3.08. The van der Waals surface area contributed by atoms with Crippen LogP contribution in [0.3, 0.4) is 0 Å². The fraction of sp³-hybridized carbons (Fsp3) is 0.143. The molecule has 1 N–H and O–H groups in total. The third-order valence-corrected chi connectivity index (χ3v) is 2.45. The van der Waals surface area contributed by atoms with Crippen molar-refractivity contribution in [3.8, 4) is 0 Å². The van der Waals surface area contributed by atoms with Gasteiger partial charge in [0.1, 0.15) is 5.82 Å². The van der Waals surface area contributed by atoms with Crippen molar-refractivity contribution in [2.75, 3.05) is 5.32 Å². The van der Waals surface area contributed by atoms with Gasteiger partial charge in [-0.05, 0) is 30.2 Å². The number of benzene rings is 2. The molecule has 0 atom stereocenters. The molecule has 0 radical (unpaired) electrons. The molecule has 2 rings (SSSR count). The average Bonchev–Trinajstić information content (AvgIpc) is 2.29. The Hall–Kier alpha value is -1.83. The molecule has 2 aromatic rings. The maximum absolute atomic E-state index is 13.5. The normalized spacial score (nSPS) is 10.1. The van der Waals surface area contributed by atoms with Crippen LogP contribution >= 0.6 is 0 Å². The first-order valence-corrected chi connectivity index (χ1v) is 5.29. The molecule has 0 amide bonds. The number of hydrogen-bond donors (Lipinski definition) is 1. The quantitative estimate of drug-likeness (QED) is 0.822. The van der Waals surface area contributed by atoms with E-state index in [-0.39, 0.29) is 5.82 Å². The first-order chi connectivity index (χ1) is 7.75. The topological polar surface area (TPSA) is 12.0 Å². The van der Waals surface area contributed by atoms with Gasteiger partial charge in [-0.15, -0.1) is 0 Å². The Morgan fingerprint density at radius 3 is 2.50 bits per heavy atom. The van der Waals surface area contributed by atoms with Crippen molar-refractivity contribution in [2.24, 2.45) is 0 Å². The number of hydrogen-bond acceptors (Lipinski definition) is 1. The van der Waals surface area contributed by atoms with Crippen LogP contribution in [0.25, 0.3) is 0 Å². The summed E-state index contributed by atoms with van der Waals surface area (Å²) in [7, 11) is 0. The Morgan fingerprint density at radius 1 is 1.06 bits per heavy atom. The van der Waals surface area contributed by atoms with Gasteiger partial charge in [-0.2, -0.15) is 0 Å². The van der Waals surface area contributed by atoms with E-state index in [1.807, 2.05) is 43.3 Å². The molecule has 0 aliphatic rings. The highest BCUT2D eigenvalue weighted by atomic mass is 19.1. The van der Waals surface area contributed by atoms with Crippen LogP contribution in [0.2, 0.25) is 0 Å². The Bertz CT molecular complexity index is 465. The lowest BCUT2D eigenvalue weighted by molar-refractivity contribution is 0.629. The standard InChI is InChI=1S/C14H14FN/c1-11-7-8-14(13(15)9-11)16-10-12-5-3-2-4-6-12/h2-9,16H,10H2,1H3. The third kappa shape index (κ3) is 2.60. The first kappa shape index (κ1) is 10.7. The number of nitrogens with one attached hydrogen (secondary N) is 1. The van der Waals surface area contributed by atoms with Gasteiger partial charge >= 0.3 is 0 Å². The van der Waals surface area contributed by atoms with E-state index < -0.39 is 0 Å². The summed E-state index contributed by atoms with van der Waals surface area (Å²) in [6.45, 7) is 2.52. The monoisotopic (exact) mass is 215 g/mol. The Morgan fingerprint density at radius 2 is 1.81 bits per heavy atom. The zero-order valence-corrected chi connectivity index (χ0v) is 9.20. The molecule has 2 aromatic carbocycles. The Kier molecular flexibility index (Phi) is 3.20. The number of rotatable bonds is 3. The molecule has 0 fully saturated rings. The largest absolute Gasteiger partial charge is 0.379 e. The van der Waals surface area contributed by atoms with Crippen molar-refractivity contribution in [3.05, 3.63) is 65.5 Å². The highest BCUT2D eigenvalue weighted by molar-refractivity contribution is 5.46. The summed E-state index contributed by atoms with van der Waals surface area (Å²) in [6.07, 6.45) is 0. The van der Waals surface area contributed by atoms with Crippen molar-refractivity contribution in [1.82, 2.24) is 0 Å². The van der Waals surface area contributed by atoms with Crippen molar-refractivity contribution in [3.63, 3.8) is 0 Å². The molecule has 0 aromatic heterocycles. The van der Waals surface area contributed by atoms with E-state index in [1.54, 1.807) is 6.07 Å². The summed E-state index contributed by atoms with van der Waals surface area (Å²) in [6, 6.07) is 15.1. The molecular formula is C14H14FN. The van der Waals surface area contributed by atoms with E-state index in [4.69, 9.17) is 0 Å². The van der Waals surface area contributed by atoms with E-state index in [1.165, 1.54) is 6.07 Å². The number of aryl methyl sites for hydroxylation is 1. The van der Waals surface area contributed by atoms with E-state index in [0.29, 0.717) is 12.2 Å². The van der Waals surface area contributed by atoms with Crippen molar-refractivity contribution >= 4 is 5.69 Å². The molecule has 0 aliphatic heterocycles. The summed E-state index contributed by atoms with van der Waals surface area (Å²) < 4.78 is 13.5. The summed E-state index contributed by atoms with van der Waals surface area (Å²) in [4.78, 5) is 0. The molecule has 0 heterocycles. The second kappa shape index (κ2) is 4.79. The van der Waals surface area contributed by atoms with Gasteiger partial charge < -0.3 is 5.32 Å². The summed E-state index contributed by atoms with van der Waals surface area (Å²) >= 11 is 0. The van der Waals surface area contributed by atoms with Crippen molar-refractivity contribution in [1.29, 1.82) is 0 Å². The zero-order valence-electron chi connectivity index (χ0n) is 9.20. The van der Waals surface area contributed by atoms with E-state index >= 15 is 0 Å². The second-order valence-electron chi connectivity index (χ2n) is 3.82. The van der Waals surface area contributed by atoms with Gasteiger partial charge in [0, 0.05) is 6.54 Å². The molecule has 16 heavy (non-hydrogen) atoms. The van der Waals surface area contributed by atoms with Gasteiger partial charge in [0.15, 0.2) is 0 Å². The van der Waals surface area contributed by atoms with E-state index in [9.17, 15) is 4.39 Å². The minimum atomic E-state index is -0.198. The van der Waals surface area contributed by atoms with E-state index in [2.05, 4.69) is 5.32 Å². The zero-order chi connectivity index (χ0) is 11.4. The van der Waals surface area contributed by atoms with Gasteiger partial charge in [-0.1, -0.05) is 36.4 Å². The highest BCUT2D eigenvalue weighted by Gasteiger charge is 2.00. The summed E-state index contributed by atoms with van der Waals surface area (Å²) in [5.74, 6) is -0.198. The maximum atomic E-state index is 13.5. The summed E-state index contributed by atoms with van der Waals surface area (Å²) in [5.41, 5.74) is 2.62. The van der Waals surface area contributed by atoms with Crippen LogP contribution in [-0.4, -0.2) is 0 Å². The lowest BCUT2D eigenvalue weighted by Gasteiger charge is -2.08. The minimum Gasteiger partial charge on any atom is -0.379 e. The third-order valence-electron chi connectivity index (χ3n) is 2.45. The minimum absolute atomic E-state index is 0.198. The van der Waals surface area contributed by atoms with Gasteiger partial charge in [-0.3, -0.25) is 0 Å². The smallest absolute Gasteiger partial charge is 0.146 e. The Balaban J connectivity index is 2.05. The van der Waals surface area contributed by atoms with Crippen LogP contribution in [-0.2, 0) is 6.54 Å². The van der Waals surface area contributed by atoms with Crippen LogP contribution in [0.5, 0.6) is 0 Å². The van der Waals surface area contributed by atoms with Gasteiger partial charge in [0.2, 0.25) is 0 Å². The van der Waals surface area contributed by atoms with Crippen molar-refractivity contribution in [2.45, 2.75) is 13.5 Å². The highest BCUT2D eigenvalue weighted by Crippen LogP contribution is 2.16. The molecule has 0 aliphatic carbocycles. The van der Waals surface area contributed by atoms with Crippen LogP contribution < -0.4 is 5.32 Å². The molecule has 82 valence electrons. The van der Waals surface area contributed by atoms with E-state index in [0.717, 1.165) is 11.1 Å². The van der Waals surface area contributed by atoms with Gasteiger partial charge in [0.05, 0.1) is 5.69 Å².